The summed E-state index contributed by atoms with van der Waals surface area (Å²) in [7, 11) is -3.20. The van der Waals surface area contributed by atoms with E-state index < -0.39 is 15.9 Å². The lowest BCUT2D eigenvalue weighted by molar-refractivity contribution is 0.162. The average Bonchev–Trinajstić information content (AvgIpc) is 2.33. The molecule has 6 heteroatoms. The summed E-state index contributed by atoms with van der Waals surface area (Å²) in [5.41, 5.74) is 0.664. The van der Waals surface area contributed by atoms with Gasteiger partial charge in [-0.25, -0.2) is 8.42 Å². The van der Waals surface area contributed by atoms with Gasteiger partial charge in [0.1, 0.15) is 0 Å². The summed E-state index contributed by atoms with van der Waals surface area (Å²) in [4.78, 5) is 0.241. The van der Waals surface area contributed by atoms with Crippen molar-refractivity contribution in [3.8, 4) is 0 Å². The molecule has 0 saturated carbocycles. The van der Waals surface area contributed by atoms with Crippen molar-refractivity contribution in [2.24, 2.45) is 0 Å². The fourth-order valence-corrected chi connectivity index (χ4v) is 2.24. The molecule has 3 N–H and O–H groups in total. The van der Waals surface area contributed by atoms with Gasteiger partial charge >= 0.3 is 0 Å². The highest BCUT2D eigenvalue weighted by molar-refractivity contribution is 7.90. The van der Waals surface area contributed by atoms with Gasteiger partial charge in [-0.1, -0.05) is 12.1 Å². The molecule has 0 radical (unpaired) electrons. The Morgan fingerprint density at radius 3 is 2.26 bits per heavy atom. The predicted molar refractivity (Wildman–Crippen MR) is 73.7 cm³/mol. The predicted octanol–water partition coefficient (Wildman–Crippen LogP) is 0.484. The Morgan fingerprint density at radius 2 is 1.79 bits per heavy atom. The van der Waals surface area contributed by atoms with Crippen LogP contribution in [-0.2, 0) is 9.84 Å². The van der Waals surface area contributed by atoms with Gasteiger partial charge in [0.25, 0.3) is 0 Å². The Balaban J connectivity index is 2.51. The molecule has 0 aliphatic heterocycles. The third-order valence-corrected chi connectivity index (χ3v) is 3.90. The van der Waals surface area contributed by atoms with Crippen molar-refractivity contribution in [3.05, 3.63) is 29.8 Å². The molecule has 1 aromatic rings. The van der Waals surface area contributed by atoms with Gasteiger partial charge in [0.15, 0.2) is 9.84 Å². The molecule has 0 amide bonds. The number of sulfone groups is 1. The molecule has 1 aromatic carbocycles. The third-order valence-electron chi connectivity index (χ3n) is 2.77. The second-order valence-electron chi connectivity index (χ2n) is 4.70. The van der Waals surface area contributed by atoms with Crippen LogP contribution in [0.5, 0.6) is 0 Å². The molecule has 0 spiro atoms. The maximum Gasteiger partial charge on any atom is 0.175 e. The van der Waals surface area contributed by atoms with Crippen LogP contribution in [0, 0.1) is 0 Å². The lowest BCUT2D eigenvalue weighted by atomic mass is 10.1. The quantitative estimate of drug-likeness (QED) is 0.635. The highest BCUT2D eigenvalue weighted by Crippen LogP contribution is 2.15. The molecule has 1 rings (SSSR count). The minimum atomic E-state index is -3.20. The average molecular weight is 287 g/mol. The minimum absolute atomic E-state index is 0.241. The highest BCUT2D eigenvalue weighted by Gasteiger charge is 2.10. The van der Waals surface area contributed by atoms with Gasteiger partial charge in [-0.05, 0) is 37.6 Å². The molecule has 0 fully saturated rings. The molecule has 2 atom stereocenters. The van der Waals surface area contributed by atoms with E-state index in [2.05, 4.69) is 5.32 Å². The van der Waals surface area contributed by atoms with Crippen LogP contribution in [0.1, 0.15) is 25.0 Å². The molecule has 108 valence electrons. The van der Waals surface area contributed by atoms with Gasteiger partial charge in [0.2, 0.25) is 0 Å². The van der Waals surface area contributed by atoms with Gasteiger partial charge in [-0.3, -0.25) is 0 Å². The molecule has 19 heavy (non-hydrogen) atoms. The van der Waals surface area contributed by atoms with Crippen LogP contribution >= 0.6 is 0 Å². The third kappa shape index (κ3) is 5.69. The van der Waals surface area contributed by atoms with Crippen LogP contribution < -0.4 is 5.32 Å². The maximum absolute atomic E-state index is 11.3. The number of aliphatic hydroxyl groups excluding tert-OH is 2. The van der Waals surface area contributed by atoms with Crippen LogP contribution in [0.25, 0.3) is 0 Å². The second-order valence-corrected chi connectivity index (χ2v) is 6.71. The SMILES string of the molecule is CC(O)CCNCC(O)c1ccc(S(C)(=O)=O)cc1. The second kappa shape index (κ2) is 7.00. The van der Waals surface area contributed by atoms with E-state index >= 15 is 0 Å². The number of benzene rings is 1. The molecular formula is C13H21NO4S. The molecule has 2 unspecified atom stereocenters. The molecule has 5 nitrogen and oxygen atoms in total. The first-order valence-electron chi connectivity index (χ1n) is 6.17. The molecule has 0 bridgehead atoms. The molecule has 0 heterocycles. The van der Waals surface area contributed by atoms with E-state index in [0.717, 1.165) is 6.26 Å². The topological polar surface area (TPSA) is 86.6 Å². The summed E-state index contributed by atoms with van der Waals surface area (Å²) in [6.07, 6.45) is 0.719. The molecular weight excluding hydrogens is 266 g/mol. The zero-order chi connectivity index (χ0) is 14.5. The number of hydrogen-bond donors (Lipinski definition) is 3. The summed E-state index contributed by atoms with van der Waals surface area (Å²) >= 11 is 0. The first kappa shape index (κ1) is 16.1. The Hall–Kier alpha value is -0.950. The normalized spacial score (nSPS) is 15.2. The summed E-state index contributed by atoms with van der Waals surface area (Å²) in [5, 5.41) is 22.0. The zero-order valence-corrected chi connectivity index (χ0v) is 12.0. The standard InChI is InChI=1S/C13H21NO4S/c1-10(15)7-8-14-9-13(16)11-3-5-12(6-4-11)19(2,17)18/h3-6,10,13-16H,7-9H2,1-2H3. The van der Waals surface area contributed by atoms with E-state index in [4.69, 9.17) is 5.11 Å². The van der Waals surface area contributed by atoms with Crippen LogP contribution in [0.2, 0.25) is 0 Å². The summed E-state index contributed by atoms with van der Waals surface area (Å²) in [6, 6.07) is 6.20. The van der Waals surface area contributed by atoms with Crippen molar-refractivity contribution in [3.63, 3.8) is 0 Å². The Kier molecular flexibility index (Phi) is 5.93. The number of nitrogens with one attached hydrogen (secondary N) is 1. The summed E-state index contributed by atoms with van der Waals surface area (Å²) in [5.74, 6) is 0. The van der Waals surface area contributed by atoms with Gasteiger partial charge < -0.3 is 15.5 Å². The van der Waals surface area contributed by atoms with Gasteiger partial charge in [0, 0.05) is 12.8 Å². The zero-order valence-electron chi connectivity index (χ0n) is 11.2. The summed E-state index contributed by atoms with van der Waals surface area (Å²) in [6.45, 7) is 2.70. The molecule has 0 aromatic heterocycles. The van der Waals surface area contributed by atoms with Crippen molar-refractivity contribution < 1.29 is 18.6 Å². The van der Waals surface area contributed by atoms with E-state index in [9.17, 15) is 13.5 Å². The van der Waals surface area contributed by atoms with Crippen molar-refractivity contribution in [2.45, 2.75) is 30.4 Å². The van der Waals surface area contributed by atoms with Gasteiger partial charge in [-0.15, -0.1) is 0 Å². The monoisotopic (exact) mass is 287 g/mol. The highest BCUT2D eigenvalue weighted by atomic mass is 32.2. The fraction of sp³-hybridized carbons (Fsp3) is 0.538. The lowest BCUT2D eigenvalue weighted by Crippen LogP contribution is -2.24. The number of hydrogen-bond acceptors (Lipinski definition) is 5. The summed E-state index contributed by atoms with van der Waals surface area (Å²) < 4.78 is 22.6. The Labute approximate surface area is 114 Å². The van der Waals surface area contributed by atoms with Gasteiger partial charge in [0.05, 0.1) is 17.1 Å². The van der Waals surface area contributed by atoms with E-state index in [1.165, 1.54) is 12.1 Å². The van der Waals surface area contributed by atoms with Crippen LogP contribution in [-0.4, -0.2) is 44.1 Å². The molecule has 0 saturated heterocycles. The number of rotatable bonds is 7. The largest absolute Gasteiger partial charge is 0.393 e. The Bertz CT molecular complexity index is 482. The fourth-order valence-electron chi connectivity index (χ4n) is 1.60. The van der Waals surface area contributed by atoms with Crippen molar-refractivity contribution in [2.75, 3.05) is 19.3 Å². The Morgan fingerprint density at radius 1 is 1.21 bits per heavy atom. The van der Waals surface area contributed by atoms with Crippen molar-refractivity contribution in [1.82, 2.24) is 5.32 Å². The van der Waals surface area contributed by atoms with E-state index in [-0.39, 0.29) is 11.0 Å². The molecule has 0 aliphatic rings. The van der Waals surface area contributed by atoms with Crippen LogP contribution in [0.4, 0.5) is 0 Å². The van der Waals surface area contributed by atoms with E-state index in [0.29, 0.717) is 25.1 Å². The lowest BCUT2D eigenvalue weighted by Gasteiger charge is -2.13. The first-order chi connectivity index (χ1) is 8.80. The van der Waals surface area contributed by atoms with Crippen LogP contribution in [0.15, 0.2) is 29.2 Å². The minimum Gasteiger partial charge on any atom is -0.393 e. The van der Waals surface area contributed by atoms with Crippen molar-refractivity contribution in [1.29, 1.82) is 0 Å². The van der Waals surface area contributed by atoms with E-state index in [1.54, 1.807) is 19.1 Å². The number of aliphatic hydroxyl groups is 2. The van der Waals surface area contributed by atoms with Crippen molar-refractivity contribution >= 4 is 9.84 Å². The van der Waals surface area contributed by atoms with Gasteiger partial charge in [-0.2, -0.15) is 0 Å². The maximum atomic E-state index is 11.3. The smallest absolute Gasteiger partial charge is 0.175 e. The van der Waals surface area contributed by atoms with Crippen LogP contribution in [0.3, 0.4) is 0 Å². The molecule has 0 aliphatic carbocycles. The van der Waals surface area contributed by atoms with E-state index in [1.807, 2.05) is 0 Å². The first-order valence-corrected chi connectivity index (χ1v) is 8.06.